The van der Waals surface area contributed by atoms with E-state index in [2.05, 4.69) is 5.32 Å². The van der Waals surface area contributed by atoms with Crippen LogP contribution >= 0.6 is 0 Å². The maximum atomic E-state index is 13.0. The number of imide groups is 2. The molecule has 1 heterocycles. The largest absolute Gasteiger partial charge is 0.331 e. The molecule has 4 amide bonds. The fourth-order valence-corrected chi connectivity index (χ4v) is 2.45. The van der Waals surface area contributed by atoms with Gasteiger partial charge in [0.1, 0.15) is 11.4 Å². The first-order valence-electron chi connectivity index (χ1n) is 7.89. The highest BCUT2D eigenvalue weighted by molar-refractivity contribution is 6.28. The number of barbiturate groups is 1. The van der Waals surface area contributed by atoms with Crippen LogP contribution in [0.1, 0.15) is 11.1 Å². The second kappa shape index (κ2) is 7.57. The Labute approximate surface area is 149 Å². The predicted octanol–water partition coefficient (Wildman–Crippen LogP) is 3.04. The number of rotatable bonds is 4. The van der Waals surface area contributed by atoms with Crippen molar-refractivity contribution < 1.29 is 18.8 Å². The van der Waals surface area contributed by atoms with Gasteiger partial charge in [0.05, 0.1) is 6.54 Å². The number of benzene rings is 2. The van der Waals surface area contributed by atoms with Crippen LogP contribution in [-0.4, -0.2) is 22.7 Å². The number of carbonyl (C=O) groups excluding carboxylic acids is 3. The fourth-order valence-electron chi connectivity index (χ4n) is 2.45. The van der Waals surface area contributed by atoms with Crippen LogP contribution in [0.5, 0.6) is 0 Å². The van der Waals surface area contributed by atoms with E-state index in [9.17, 15) is 18.8 Å². The number of urea groups is 1. The molecule has 6 heteroatoms. The zero-order chi connectivity index (χ0) is 18.5. The first kappa shape index (κ1) is 17.3. The third kappa shape index (κ3) is 3.92. The van der Waals surface area contributed by atoms with Gasteiger partial charge in [0.2, 0.25) is 0 Å². The van der Waals surface area contributed by atoms with Gasteiger partial charge in [0.15, 0.2) is 0 Å². The topological polar surface area (TPSA) is 66.5 Å². The van der Waals surface area contributed by atoms with Gasteiger partial charge < -0.3 is 0 Å². The van der Waals surface area contributed by atoms with Gasteiger partial charge in [-0.1, -0.05) is 54.6 Å². The van der Waals surface area contributed by atoms with Crippen molar-refractivity contribution in [2.24, 2.45) is 0 Å². The van der Waals surface area contributed by atoms with E-state index in [-0.39, 0.29) is 12.1 Å². The van der Waals surface area contributed by atoms with Crippen LogP contribution in [0.2, 0.25) is 0 Å². The second-order valence-electron chi connectivity index (χ2n) is 5.63. The maximum absolute atomic E-state index is 13.0. The number of nitrogens with zero attached hydrogens (tertiary/aromatic N) is 1. The molecule has 26 heavy (non-hydrogen) atoms. The molecule has 1 N–H and O–H groups in total. The van der Waals surface area contributed by atoms with E-state index in [1.807, 2.05) is 30.3 Å². The summed E-state index contributed by atoms with van der Waals surface area (Å²) in [6.07, 6.45) is 4.69. The smallest absolute Gasteiger partial charge is 0.273 e. The first-order valence-corrected chi connectivity index (χ1v) is 7.89. The molecule has 0 saturated carbocycles. The quantitative estimate of drug-likeness (QED) is 0.681. The minimum Gasteiger partial charge on any atom is -0.273 e. The molecule has 1 aliphatic heterocycles. The third-order valence-corrected chi connectivity index (χ3v) is 3.79. The highest BCUT2D eigenvalue weighted by Crippen LogP contribution is 2.15. The Morgan fingerprint density at radius 2 is 1.65 bits per heavy atom. The van der Waals surface area contributed by atoms with E-state index >= 15 is 0 Å². The zero-order valence-electron chi connectivity index (χ0n) is 13.7. The van der Waals surface area contributed by atoms with Gasteiger partial charge in [-0.2, -0.15) is 0 Å². The number of halogens is 1. The van der Waals surface area contributed by atoms with Crippen LogP contribution in [0.25, 0.3) is 6.08 Å². The van der Waals surface area contributed by atoms with Crippen molar-refractivity contribution >= 4 is 23.9 Å². The van der Waals surface area contributed by atoms with E-state index in [1.54, 1.807) is 12.2 Å². The van der Waals surface area contributed by atoms with Crippen molar-refractivity contribution in [2.75, 3.05) is 0 Å². The van der Waals surface area contributed by atoms with Crippen LogP contribution in [0, 0.1) is 5.82 Å². The normalized spacial score (nSPS) is 16.4. The fraction of sp³-hybridized carbons (Fsp3) is 0.0500. The lowest BCUT2D eigenvalue weighted by Crippen LogP contribution is -2.53. The van der Waals surface area contributed by atoms with Crippen LogP contribution in [0.15, 0.2) is 72.3 Å². The van der Waals surface area contributed by atoms with Crippen molar-refractivity contribution in [1.29, 1.82) is 0 Å². The maximum Gasteiger partial charge on any atom is 0.331 e. The van der Waals surface area contributed by atoms with Crippen molar-refractivity contribution in [3.63, 3.8) is 0 Å². The first-order chi connectivity index (χ1) is 12.5. The summed E-state index contributed by atoms with van der Waals surface area (Å²) in [6.45, 7) is -0.0576. The lowest BCUT2D eigenvalue weighted by Gasteiger charge is -2.26. The molecule has 0 atom stereocenters. The molecular formula is C20H15FN2O3. The Morgan fingerprint density at radius 1 is 0.962 bits per heavy atom. The van der Waals surface area contributed by atoms with Crippen LogP contribution in [0.3, 0.4) is 0 Å². The minimum atomic E-state index is -0.798. The Kier molecular flexibility index (Phi) is 5.03. The molecule has 0 aliphatic carbocycles. The van der Waals surface area contributed by atoms with Crippen LogP contribution in [0.4, 0.5) is 9.18 Å². The number of carbonyl (C=O) groups is 3. The number of allylic oxidation sites excluding steroid dienone is 2. The summed E-state index contributed by atoms with van der Waals surface area (Å²) in [5, 5.41) is 2.14. The second-order valence-corrected chi connectivity index (χ2v) is 5.63. The number of amides is 4. The van der Waals surface area contributed by atoms with Gasteiger partial charge in [0.25, 0.3) is 11.8 Å². The molecule has 0 unspecified atom stereocenters. The Bertz CT molecular complexity index is 902. The summed E-state index contributed by atoms with van der Waals surface area (Å²) in [7, 11) is 0. The summed E-state index contributed by atoms with van der Waals surface area (Å²) in [5.74, 6) is -1.85. The van der Waals surface area contributed by atoms with Crippen molar-refractivity contribution in [2.45, 2.75) is 6.54 Å². The average Bonchev–Trinajstić information content (AvgIpc) is 2.64. The van der Waals surface area contributed by atoms with Crippen molar-refractivity contribution in [1.82, 2.24) is 10.2 Å². The highest BCUT2D eigenvalue weighted by Gasteiger charge is 2.35. The van der Waals surface area contributed by atoms with Crippen molar-refractivity contribution in [3.8, 4) is 0 Å². The van der Waals surface area contributed by atoms with E-state index in [0.717, 1.165) is 10.5 Å². The van der Waals surface area contributed by atoms with Gasteiger partial charge in [-0.25, -0.2) is 9.18 Å². The lowest BCUT2D eigenvalue weighted by atomic mass is 10.1. The summed E-state index contributed by atoms with van der Waals surface area (Å²) in [4.78, 5) is 37.4. The minimum absolute atomic E-state index is 0.0576. The summed E-state index contributed by atoms with van der Waals surface area (Å²) in [5.41, 5.74) is 1.34. The van der Waals surface area contributed by atoms with Gasteiger partial charge in [-0.05, 0) is 29.3 Å². The molecule has 1 saturated heterocycles. The predicted molar refractivity (Wildman–Crippen MR) is 94.0 cm³/mol. The van der Waals surface area contributed by atoms with E-state index < -0.39 is 23.7 Å². The molecule has 1 aliphatic rings. The molecular weight excluding hydrogens is 335 g/mol. The zero-order valence-corrected chi connectivity index (χ0v) is 13.7. The summed E-state index contributed by atoms with van der Waals surface area (Å²) >= 11 is 0. The Morgan fingerprint density at radius 3 is 2.35 bits per heavy atom. The molecule has 130 valence electrons. The van der Waals surface area contributed by atoms with E-state index in [4.69, 9.17) is 0 Å². The van der Waals surface area contributed by atoms with Gasteiger partial charge in [0, 0.05) is 0 Å². The summed E-state index contributed by atoms with van der Waals surface area (Å²) < 4.78 is 13.0. The molecule has 2 aromatic carbocycles. The molecule has 2 aromatic rings. The SMILES string of the molecule is O=C1NC(=O)N(Cc2ccc(F)cc2)C(=O)/C1=C\C=C\c1ccccc1. The molecule has 0 aromatic heterocycles. The Hall–Kier alpha value is -3.54. The summed E-state index contributed by atoms with van der Waals surface area (Å²) in [6, 6.07) is 14.0. The number of hydrogen-bond acceptors (Lipinski definition) is 3. The molecule has 1 fully saturated rings. The standard InChI is InChI=1S/C20H15FN2O3/c21-16-11-9-15(10-12-16)13-23-19(25)17(18(24)22-20(23)26)8-4-7-14-5-2-1-3-6-14/h1-12H,13H2,(H,22,24,26)/b7-4+,17-8-. The molecule has 0 bridgehead atoms. The molecule has 5 nitrogen and oxygen atoms in total. The van der Waals surface area contributed by atoms with E-state index in [1.165, 1.54) is 30.3 Å². The van der Waals surface area contributed by atoms with Crippen LogP contribution < -0.4 is 5.32 Å². The molecule has 0 radical (unpaired) electrons. The monoisotopic (exact) mass is 350 g/mol. The van der Waals surface area contributed by atoms with Gasteiger partial charge in [-0.3, -0.25) is 19.8 Å². The van der Waals surface area contributed by atoms with Crippen molar-refractivity contribution in [3.05, 3.63) is 89.3 Å². The number of nitrogens with one attached hydrogen (secondary N) is 1. The van der Waals surface area contributed by atoms with Gasteiger partial charge in [-0.15, -0.1) is 0 Å². The van der Waals surface area contributed by atoms with Crippen LogP contribution in [-0.2, 0) is 16.1 Å². The van der Waals surface area contributed by atoms with Gasteiger partial charge >= 0.3 is 6.03 Å². The lowest BCUT2D eigenvalue weighted by molar-refractivity contribution is -0.130. The van der Waals surface area contributed by atoms with E-state index in [0.29, 0.717) is 5.56 Å². The molecule has 0 spiro atoms. The molecule has 3 rings (SSSR count). The average molecular weight is 350 g/mol. The number of hydrogen-bond donors (Lipinski definition) is 1. The Balaban J connectivity index is 1.79. The highest BCUT2D eigenvalue weighted by atomic mass is 19.1. The third-order valence-electron chi connectivity index (χ3n) is 3.79.